The summed E-state index contributed by atoms with van der Waals surface area (Å²) in [4.78, 5) is 32.1. The summed E-state index contributed by atoms with van der Waals surface area (Å²) in [5, 5.41) is 3.74. The molecule has 2 N–H and O–H groups in total. The van der Waals surface area contributed by atoms with Crippen molar-refractivity contribution in [1.29, 1.82) is 0 Å². The minimum absolute atomic E-state index is 0.218. The normalized spacial score (nSPS) is 12.6. The van der Waals surface area contributed by atoms with Crippen molar-refractivity contribution in [2.24, 2.45) is 0 Å². The molecule has 0 radical (unpaired) electrons. The number of rotatable bonds is 5. The van der Waals surface area contributed by atoms with Gasteiger partial charge in [0.2, 0.25) is 0 Å². The zero-order valence-corrected chi connectivity index (χ0v) is 13.4. The van der Waals surface area contributed by atoms with Crippen LogP contribution in [0.3, 0.4) is 0 Å². The van der Waals surface area contributed by atoms with E-state index in [0.717, 1.165) is 6.42 Å². The Morgan fingerprint density at radius 1 is 1.52 bits per heavy atom. The highest BCUT2D eigenvalue weighted by atomic mass is 32.1. The van der Waals surface area contributed by atoms with Crippen LogP contribution in [0.15, 0.2) is 4.79 Å². The van der Waals surface area contributed by atoms with E-state index in [0.29, 0.717) is 39.1 Å². The fourth-order valence-electron chi connectivity index (χ4n) is 1.97. The second kappa shape index (κ2) is 6.36. The Morgan fingerprint density at radius 3 is 2.86 bits per heavy atom. The van der Waals surface area contributed by atoms with Crippen molar-refractivity contribution in [3.8, 4) is 0 Å². The second-order valence-corrected chi connectivity index (χ2v) is 5.93. The summed E-state index contributed by atoms with van der Waals surface area (Å²) in [6.45, 7) is 6.38. The van der Waals surface area contributed by atoms with Crippen molar-refractivity contribution in [2.45, 2.75) is 39.8 Å². The van der Waals surface area contributed by atoms with Crippen LogP contribution in [0.4, 0.5) is 0 Å². The highest BCUT2D eigenvalue weighted by Gasteiger charge is 2.19. The molecule has 0 amide bonds. The third-order valence-corrected chi connectivity index (χ3v) is 4.62. The molecule has 21 heavy (non-hydrogen) atoms. The van der Waals surface area contributed by atoms with Crippen molar-refractivity contribution in [3.63, 3.8) is 0 Å². The van der Waals surface area contributed by atoms with E-state index in [1.807, 2.05) is 0 Å². The first-order chi connectivity index (χ1) is 9.97. The largest absolute Gasteiger partial charge is 0.465 e. The Bertz CT molecular complexity index is 720. The highest BCUT2D eigenvalue weighted by molar-refractivity contribution is 7.20. The number of nitrogens with one attached hydrogen (secondary N) is 2. The van der Waals surface area contributed by atoms with Crippen molar-refractivity contribution >= 4 is 27.5 Å². The Kier molecular flexibility index (Phi) is 4.74. The predicted molar refractivity (Wildman–Crippen MR) is 82.9 cm³/mol. The second-order valence-electron chi connectivity index (χ2n) is 4.93. The zero-order chi connectivity index (χ0) is 15.6. The van der Waals surface area contributed by atoms with E-state index in [1.165, 1.54) is 18.4 Å². The maximum Gasteiger partial charge on any atom is 0.348 e. The molecule has 2 aromatic heterocycles. The van der Waals surface area contributed by atoms with Gasteiger partial charge in [-0.1, -0.05) is 6.92 Å². The molecule has 0 aliphatic carbocycles. The maximum atomic E-state index is 12.2. The summed E-state index contributed by atoms with van der Waals surface area (Å²) in [7, 11) is 1.32. The number of carbonyl (C=O) groups excluding carboxylic acids is 1. The fraction of sp³-hybridized carbons (Fsp3) is 0.500. The molecule has 2 rings (SSSR count). The van der Waals surface area contributed by atoms with Crippen LogP contribution in [0, 0.1) is 6.92 Å². The lowest BCUT2D eigenvalue weighted by molar-refractivity contribution is 0.0605. The smallest absolute Gasteiger partial charge is 0.348 e. The highest BCUT2D eigenvalue weighted by Crippen LogP contribution is 2.27. The number of aromatic nitrogens is 2. The molecule has 7 heteroatoms. The van der Waals surface area contributed by atoms with Crippen LogP contribution in [0.2, 0.25) is 0 Å². The van der Waals surface area contributed by atoms with Gasteiger partial charge in [-0.15, -0.1) is 11.3 Å². The van der Waals surface area contributed by atoms with Crippen LogP contribution < -0.4 is 10.9 Å². The lowest BCUT2D eigenvalue weighted by Crippen LogP contribution is -2.26. The Balaban J connectivity index is 2.42. The van der Waals surface area contributed by atoms with Gasteiger partial charge in [-0.3, -0.25) is 4.79 Å². The van der Waals surface area contributed by atoms with Crippen molar-refractivity contribution in [1.82, 2.24) is 15.3 Å². The summed E-state index contributed by atoms with van der Waals surface area (Å²) < 4.78 is 4.73. The van der Waals surface area contributed by atoms with Crippen LogP contribution in [0.1, 0.15) is 41.3 Å². The number of carbonyl (C=O) groups is 1. The molecule has 0 saturated carbocycles. The molecule has 0 aromatic carbocycles. The van der Waals surface area contributed by atoms with Crippen LogP contribution in [0.5, 0.6) is 0 Å². The number of ether oxygens (including phenoxy) is 1. The molecule has 1 atom stereocenters. The molecule has 114 valence electrons. The summed E-state index contributed by atoms with van der Waals surface area (Å²) in [6, 6.07) is 0.349. The average molecular weight is 309 g/mol. The van der Waals surface area contributed by atoms with Crippen molar-refractivity contribution in [3.05, 3.63) is 26.6 Å². The minimum Gasteiger partial charge on any atom is -0.465 e. The van der Waals surface area contributed by atoms with Crippen molar-refractivity contribution < 1.29 is 9.53 Å². The fourth-order valence-corrected chi connectivity index (χ4v) is 3.09. The first-order valence-electron chi connectivity index (χ1n) is 6.81. The van der Waals surface area contributed by atoms with E-state index in [-0.39, 0.29) is 5.56 Å². The summed E-state index contributed by atoms with van der Waals surface area (Å²) in [5.41, 5.74) is 0.405. The van der Waals surface area contributed by atoms with Gasteiger partial charge >= 0.3 is 5.97 Å². The summed E-state index contributed by atoms with van der Waals surface area (Å²) in [6.07, 6.45) is 0.997. The van der Waals surface area contributed by atoms with Crippen LogP contribution in [-0.4, -0.2) is 29.1 Å². The number of hydrogen-bond acceptors (Lipinski definition) is 6. The van der Waals surface area contributed by atoms with Crippen LogP contribution >= 0.6 is 11.3 Å². The minimum atomic E-state index is -0.436. The van der Waals surface area contributed by atoms with E-state index >= 15 is 0 Å². The number of hydrogen-bond donors (Lipinski definition) is 2. The van der Waals surface area contributed by atoms with Gasteiger partial charge in [-0.2, -0.15) is 0 Å². The summed E-state index contributed by atoms with van der Waals surface area (Å²) >= 11 is 1.19. The molecule has 0 saturated heterocycles. The monoisotopic (exact) mass is 309 g/mol. The first kappa shape index (κ1) is 15.7. The van der Waals surface area contributed by atoms with E-state index < -0.39 is 5.97 Å². The lowest BCUT2D eigenvalue weighted by Gasteiger charge is -2.10. The molecular formula is C14H19N3O3S. The number of aromatic amines is 1. The molecule has 0 aliphatic heterocycles. The Morgan fingerprint density at radius 2 is 2.24 bits per heavy atom. The van der Waals surface area contributed by atoms with Gasteiger partial charge in [0.1, 0.15) is 15.5 Å². The number of esters is 1. The summed E-state index contributed by atoms with van der Waals surface area (Å²) in [5.74, 6) is 0.139. The topological polar surface area (TPSA) is 84.1 Å². The van der Waals surface area contributed by atoms with Crippen LogP contribution in [0.25, 0.3) is 10.2 Å². The number of aryl methyl sites for hydroxylation is 1. The van der Waals surface area contributed by atoms with Gasteiger partial charge < -0.3 is 15.0 Å². The third-order valence-electron chi connectivity index (χ3n) is 3.45. The van der Waals surface area contributed by atoms with E-state index in [4.69, 9.17) is 4.74 Å². The van der Waals surface area contributed by atoms with E-state index in [9.17, 15) is 9.59 Å². The van der Waals surface area contributed by atoms with Gasteiger partial charge in [0.05, 0.1) is 19.0 Å². The Labute approximate surface area is 126 Å². The predicted octanol–water partition coefficient (Wildman–Crippen LogP) is 1.97. The van der Waals surface area contributed by atoms with Crippen LogP contribution in [-0.2, 0) is 11.3 Å². The Hall–Kier alpha value is -1.73. The molecule has 1 unspecified atom stereocenters. The molecule has 2 aromatic rings. The number of nitrogens with zero attached hydrogens (tertiary/aromatic N) is 1. The average Bonchev–Trinajstić information content (AvgIpc) is 2.81. The van der Waals surface area contributed by atoms with Gasteiger partial charge in [0.25, 0.3) is 5.56 Å². The molecule has 2 heterocycles. The van der Waals surface area contributed by atoms with Gasteiger partial charge in [0, 0.05) is 6.04 Å². The number of H-pyrrole nitrogens is 1. The van der Waals surface area contributed by atoms with E-state index in [1.54, 1.807) is 6.92 Å². The van der Waals surface area contributed by atoms with Gasteiger partial charge in [-0.25, -0.2) is 9.78 Å². The van der Waals surface area contributed by atoms with Crippen molar-refractivity contribution in [2.75, 3.05) is 7.11 Å². The lowest BCUT2D eigenvalue weighted by atomic mass is 10.2. The SMILES string of the molecule is CCC(C)NCc1nc2sc(C(=O)OC)c(C)c2c(=O)[nH]1. The molecule has 0 fully saturated rings. The number of fused-ring (bicyclic) bond motifs is 1. The third kappa shape index (κ3) is 3.14. The molecule has 6 nitrogen and oxygen atoms in total. The zero-order valence-electron chi connectivity index (χ0n) is 12.6. The molecular weight excluding hydrogens is 290 g/mol. The molecule has 0 bridgehead atoms. The van der Waals surface area contributed by atoms with E-state index in [2.05, 4.69) is 29.1 Å². The van der Waals surface area contributed by atoms with Gasteiger partial charge in [0.15, 0.2) is 0 Å². The quantitative estimate of drug-likeness (QED) is 0.825. The maximum absolute atomic E-state index is 12.2. The van der Waals surface area contributed by atoms with Gasteiger partial charge in [-0.05, 0) is 25.8 Å². The number of methoxy groups -OCH3 is 1. The standard InChI is InChI=1S/C14H19N3O3S/c1-5-7(2)15-6-9-16-12(18)10-8(3)11(14(19)20-4)21-13(10)17-9/h7,15H,5-6H2,1-4H3,(H,16,17,18). The molecule has 0 aliphatic rings. The molecule has 0 spiro atoms. The first-order valence-corrected chi connectivity index (χ1v) is 7.63. The number of thiophene rings is 1.